The van der Waals surface area contributed by atoms with Gasteiger partial charge in [0.2, 0.25) is 0 Å². The maximum Gasteiger partial charge on any atom is 0.179 e. The highest BCUT2D eigenvalue weighted by molar-refractivity contribution is 6.33. The van der Waals surface area contributed by atoms with Gasteiger partial charge in [-0.3, -0.25) is 0 Å². The van der Waals surface area contributed by atoms with Gasteiger partial charge in [0.25, 0.3) is 0 Å². The molecule has 0 bridgehead atoms. The average molecular weight is 334 g/mol. The number of rotatable bonds is 5. The molecular formula is C18H20ClNO3. The lowest BCUT2D eigenvalue weighted by molar-refractivity contribution is 0.140. The van der Waals surface area contributed by atoms with E-state index in [1.54, 1.807) is 14.2 Å². The molecule has 0 radical (unpaired) electrons. The van der Waals surface area contributed by atoms with Gasteiger partial charge in [0, 0.05) is 13.0 Å². The molecule has 2 aromatic carbocycles. The Kier molecular flexibility index (Phi) is 4.76. The smallest absolute Gasteiger partial charge is 0.179 e. The fraction of sp³-hybridized carbons (Fsp3) is 0.333. The summed E-state index contributed by atoms with van der Waals surface area (Å²) in [7, 11) is 3.15. The van der Waals surface area contributed by atoms with Crippen LogP contribution in [0.4, 0.5) is 0 Å². The van der Waals surface area contributed by atoms with Gasteiger partial charge in [0.1, 0.15) is 0 Å². The molecule has 0 heterocycles. The fourth-order valence-electron chi connectivity index (χ4n) is 3.11. The molecule has 0 fully saturated rings. The Morgan fingerprint density at radius 3 is 2.70 bits per heavy atom. The molecule has 5 heteroatoms. The molecule has 0 spiro atoms. The van der Waals surface area contributed by atoms with E-state index in [0.29, 0.717) is 29.5 Å². The van der Waals surface area contributed by atoms with E-state index in [0.717, 1.165) is 11.1 Å². The molecule has 0 aromatic heterocycles. The number of halogens is 1. The fourth-order valence-corrected chi connectivity index (χ4v) is 3.41. The van der Waals surface area contributed by atoms with E-state index in [9.17, 15) is 5.11 Å². The molecule has 2 N–H and O–H groups in total. The Labute approximate surface area is 141 Å². The lowest BCUT2D eigenvalue weighted by Crippen LogP contribution is -2.28. The molecule has 2 atom stereocenters. The molecule has 2 aromatic rings. The largest absolute Gasteiger partial charge is 0.493 e. The van der Waals surface area contributed by atoms with Gasteiger partial charge < -0.3 is 19.9 Å². The number of nitrogens with one attached hydrogen (secondary N) is 1. The van der Waals surface area contributed by atoms with Gasteiger partial charge in [-0.25, -0.2) is 0 Å². The van der Waals surface area contributed by atoms with Crippen molar-refractivity contribution in [3.8, 4) is 11.5 Å². The van der Waals surface area contributed by atoms with Crippen LogP contribution in [0, 0.1) is 0 Å². The summed E-state index contributed by atoms with van der Waals surface area (Å²) in [4.78, 5) is 0. The van der Waals surface area contributed by atoms with Crippen LogP contribution in [0.5, 0.6) is 11.5 Å². The highest BCUT2D eigenvalue weighted by Crippen LogP contribution is 2.38. The standard InChI is InChI=1S/C18H20ClNO3/c1-22-15-8-7-12(16(19)18(15)23-2)10-20-17-13-6-4-3-5-11(13)9-14(17)21/h3-8,14,17,20-21H,9-10H2,1-2H3/t14-,17+/m0/s1. The van der Waals surface area contributed by atoms with Crippen molar-refractivity contribution in [1.29, 1.82) is 0 Å². The molecule has 23 heavy (non-hydrogen) atoms. The number of hydrogen-bond acceptors (Lipinski definition) is 4. The number of aliphatic hydroxyl groups is 1. The van der Waals surface area contributed by atoms with E-state index in [-0.39, 0.29) is 6.04 Å². The van der Waals surface area contributed by atoms with Crippen LogP contribution in [0.25, 0.3) is 0 Å². The highest BCUT2D eigenvalue weighted by atomic mass is 35.5. The minimum absolute atomic E-state index is 0.0876. The average Bonchev–Trinajstić information content (AvgIpc) is 2.88. The van der Waals surface area contributed by atoms with Gasteiger partial charge in [0.05, 0.1) is 31.4 Å². The number of ether oxygens (including phenoxy) is 2. The molecular weight excluding hydrogens is 314 g/mol. The molecule has 1 aliphatic rings. The van der Waals surface area contributed by atoms with Crippen molar-refractivity contribution in [3.05, 3.63) is 58.1 Å². The van der Waals surface area contributed by atoms with Crippen LogP contribution in [0.2, 0.25) is 5.02 Å². The van der Waals surface area contributed by atoms with Gasteiger partial charge in [-0.2, -0.15) is 0 Å². The normalized spacial score (nSPS) is 19.5. The van der Waals surface area contributed by atoms with Crippen molar-refractivity contribution in [2.75, 3.05) is 14.2 Å². The highest BCUT2D eigenvalue weighted by Gasteiger charge is 2.30. The summed E-state index contributed by atoms with van der Waals surface area (Å²) in [5, 5.41) is 14.2. The first-order valence-corrected chi connectivity index (χ1v) is 7.92. The Morgan fingerprint density at radius 1 is 1.17 bits per heavy atom. The number of methoxy groups -OCH3 is 2. The molecule has 0 aliphatic heterocycles. The van der Waals surface area contributed by atoms with Crippen LogP contribution >= 0.6 is 11.6 Å². The minimum atomic E-state index is -0.425. The first-order chi connectivity index (χ1) is 11.2. The van der Waals surface area contributed by atoms with Crippen LogP contribution in [-0.4, -0.2) is 25.4 Å². The third-order valence-electron chi connectivity index (χ3n) is 4.28. The van der Waals surface area contributed by atoms with Crippen LogP contribution in [-0.2, 0) is 13.0 Å². The number of aliphatic hydroxyl groups excluding tert-OH is 1. The molecule has 0 unspecified atom stereocenters. The predicted octanol–water partition coefficient (Wildman–Crippen LogP) is 3.11. The van der Waals surface area contributed by atoms with Gasteiger partial charge in [-0.05, 0) is 22.8 Å². The topological polar surface area (TPSA) is 50.7 Å². The zero-order valence-electron chi connectivity index (χ0n) is 13.2. The first-order valence-electron chi connectivity index (χ1n) is 7.54. The zero-order chi connectivity index (χ0) is 16.4. The second-order valence-electron chi connectivity index (χ2n) is 5.60. The summed E-state index contributed by atoms with van der Waals surface area (Å²) >= 11 is 6.41. The van der Waals surface area contributed by atoms with Gasteiger partial charge in [-0.1, -0.05) is 41.9 Å². The summed E-state index contributed by atoms with van der Waals surface area (Å²) in [6, 6.07) is 11.8. The van der Waals surface area contributed by atoms with E-state index >= 15 is 0 Å². The monoisotopic (exact) mass is 333 g/mol. The lowest BCUT2D eigenvalue weighted by Gasteiger charge is -2.19. The quantitative estimate of drug-likeness (QED) is 0.882. The van der Waals surface area contributed by atoms with E-state index in [4.69, 9.17) is 21.1 Å². The van der Waals surface area contributed by atoms with Crippen molar-refractivity contribution in [1.82, 2.24) is 5.32 Å². The van der Waals surface area contributed by atoms with Crippen LogP contribution in [0.15, 0.2) is 36.4 Å². The number of fused-ring (bicyclic) bond motifs is 1. The third-order valence-corrected chi connectivity index (χ3v) is 4.70. The van der Waals surface area contributed by atoms with Gasteiger partial charge >= 0.3 is 0 Å². The Bertz CT molecular complexity index is 705. The van der Waals surface area contributed by atoms with Crippen LogP contribution in [0.1, 0.15) is 22.7 Å². The van der Waals surface area contributed by atoms with Crippen molar-refractivity contribution in [2.45, 2.75) is 25.1 Å². The molecule has 0 saturated carbocycles. The van der Waals surface area contributed by atoms with Crippen molar-refractivity contribution in [3.63, 3.8) is 0 Å². The third kappa shape index (κ3) is 3.02. The Morgan fingerprint density at radius 2 is 1.96 bits per heavy atom. The molecule has 1 aliphatic carbocycles. The maximum atomic E-state index is 10.3. The summed E-state index contributed by atoms with van der Waals surface area (Å²) in [5.41, 5.74) is 3.24. The Hall–Kier alpha value is -1.75. The second-order valence-corrected chi connectivity index (χ2v) is 5.98. The first kappa shape index (κ1) is 16.1. The van der Waals surface area contributed by atoms with Gasteiger partial charge in [0.15, 0.2) is 11.5 Å². The molecule has 0 saturated heterocycles. The summed E-state index contributed by atoms with van der Waals surface area (Å²) in [6.07, 6.45) is 0.249. The van der Waals surface area contributed by atoms with E-state index < -0.39 is 6.10 Å². The van der Waals surface area contributed by atoms with Crippen molar-refractivity contribution in [2.24, 2.45) is 0 Å². The summed E-state index contributed by atoms with van der Waals surface area (Å²) in [5.74, 6) is 1.13. The van der Waals surface area contributed by atoms with E-state index in [2.05, 4.69) is 17.4 Å². The zero-order valence-corrected chi connectivity index (χ0v) is 13.9. The summed E-state index contributed by atoms with van der Waals surface area (Å²) < 4.78 is 10.6. The predicted molar refractivity (Wildman–Crippen MR) is 90.3 cm³/mol. The minimum Gasteiger partial charge on any atom is -0.493 e. The second kappa shape index (κ2) is 6.79. The number of benzene rings is 2. The maximum absolute atomic E-state index is 10.3. The van der Waals surface area contributed by atoms with Crippen LogP contribution in [0.3, 0.4) is 0 Å². The summed E-state index contributed by atoms with van der Waals surface area (Å²) in [6.45, 7) is 0.537. The van der Waals surface area contributed by atoms with E-state index in [1.807, 2.05) is 24.3 Å². The molecule has 3 rings (SSSR count). The SMILES string of the molecule is COc1ccc(CN[C@@H]2c3ccccc3C[C@@H]2O)c(Cl)c1OC. The molecule has 122 valence electrons. The van der Waals surface area contributed by atoms with Crippen LogP contribution < -0.4 is 14.8 Å². The van der Waals surface area contributed by atoms with Crippen molar-refractivity contribution < 1.29 is 14.6 Å². The molecule has 4 nitrogen and oxygen atoms in total. The van der Waals surface area contributed by atoms with Gasteiger partial charge in [-0.15, -0.1) is 0 Å². The van der Waals surface area contributed by atoms with E-state index in [1.165, 1.54) is 5.56 Å². The van der Waals surface area contributed by atoms with Crippen molar-refractivity contribution >= 4 is 11.6 Å². The number of hydrogen-bond donors (Lipinski definition) is 2. The lowest BCUT2D eigenvalue weighted by atomic mass is 10.1. The Balaban J connectivity index is 1.79. The molecule has 0 amide bonds.